The standard InChI is InChI=1S/C22H26N2O3/c1-22(2,3)18-9-7-16(8-10-18)20(26)23-11-13-24(14-12-23)21(27)17-5-4-6-19(25)15-17/h4-10,15,25H,11-14H2,1-3H3. The van der Waals surface area contributed by atoms with Gasteiger partial charge in [-0.15, -0.1) is 0 Å². The number of aromatic hydroxyl groups is 1. The molecule has 1 fully saturated rings. The Morgan fingerprint density at radius 3 is 1.81 bits per heavy atom. The predicted molar refractivity (Wildman–Crippen MR) is 105 cm³/mol. The summed E-state index contributed by atoms with van der Waals surface area (Å²) >= 11 is 0. The van der Waals surface area contributed by atoms with Crippen LogP contribution in [0.5, 0.6) is 5.75 Å². The Morgan fingerprint density at radius 2 is 1.33 bits per heavy atom. The van der Waals surface area contributed by atoms with Crippen LogP contribution in [0.1, 0.15) is 47.1 Å². The van der Waals surface area contributed by atoms with Crippen LogP contribution in [0.4, 0.5) is 0 Å². The van der Waals surface area contributed by atoms with Gasteiger partial charge in [0.05, 0.1) is 0 Å². The van der Waals surface area contributed by atoms with E-state index in [0.717, 1.165) is 0 Å². The zero-order valence-corrected chi connectivity index (χ0v) is 16.1. The molecule has 1 saturated heterocycles. The van der Waals surface area contributed by atoms with Gasteiger partial charge < -0.3 is 14.9 Å². The maximum atomic E-state index is 12.7. The van der Waals surface area contributed by atoms with E-state index in [4.69, 9.17) is 0 Å². The minimum absolute atomic E-state index is 0.0000799. The lowest BCUT2D eigenvalue weighted by Crippen LogP contribution is -2.50. The summed E-state index contributed by atoms with van der Waals surface area (Å²) in [6.07, 6.45) is 0. The Bertz CT molecular complexity index is 829. The molecular formula is C22H26N2O3. The molecule has 0 saturated carbocycles. The van der Waals surface area contributed by atoms with Gasteiger partial charge >= 0.3 is 0 Å². The molecule has 0 aliphatic carbocycles. The van der Waals surface area contributed by atoms with Crippen molar-refractivity contribution >= 4 is 11.8 Å². The molecule has 27 heavy (non-hydrogen) atoms. The maximum absolute atomic E-state index is 12.7. The number of phenolic OH excluding ortho intramolecular Hbond substituents is 1. The van der Waals surface area contributed by atoms with E-state index in [0.29, 0.717) is 37.3 Å². The van der Waals surface area contributed by atoms with Gasteiger partial charge in [0.15, 0.2) is 0 Å². The fourth-order valence-electron chi connectivity index (χ4n) is 3.23. The lowest BCUT2D eigenvalue weighted by Gasteiger charge is -2.35. The van der Waals surface area contributed by atoms with Crippen LogP contribution < -0.4 is 0 Å². The third kappa shape index (κ3) is 4.30. The first-order valence-corrected chi connectivity index (χ1v) is 9.24. The molecule has 0 radical (unpaired) electrons. The van der Waals surface area contributed by atoms with E-state index in [1.807, 2.05) is 24.3 Å². The zero-order chi connectivity index (χ0) is 19.6. The van der Waals surface area contributed by atoms with Crippen LogP contribution in [0.15, 0.2) is 48.5 Å². The normalized spacial score (nSPS) is 14.9. The van der Waals surface area contributed by atoms with Crippen LogP contribution in [0, 0.1) is 0 Å². The van der Waals surface area contributed by atoms with E-state index >= 15 is 0 Å². The number of hydrogen-bond donors (Lipinski definition) is 1. The molecule has 5 nitrogen and oxygen atoms in total. The van der Waals surface area contributed by atoms with Crippen molar-refractivity contribution < 1.29 is 14.7 Å². The van der Waals surface area contributed by atoms with Crippen molar-refractivity contribution in [3.8, 4) is 5.75 Å². The van der Waals surface area contributed by atoms with Gasteiger partial charge in [-0.3, -0.25) is 9.59 Å². The quantitative estimate of drug-likeness (QED) is 0.887. The zero-order valence-electron chi connectivity index (χ0n) is 16.1. The lowest BCUT2D eigenvalue weighted by atomic mass is 9.86. The lowest BCUT2D eigenvalue weighted by molar-refractivity contribution is 0.0535. The number of piperazine rings is 1. The number of phenols is 1. The number of carbonyl (C=O) groups is 2. The van der Waals surface area contributed by atoms with Crippen molar-refractivity contribution in [2.75, 3.05) is 26.2 Å². The molecule has 0 spiro atoms. The second-order valence-electron chi connectivity index (χ2n) is 7.96. The molecule has 142 valence electrons. The summed E-state index contributed by atoms with van der Waals surface area (Å²) < 4.78 is 0. The molecule has 2 aromatic carbocycles. The van der Waals surface area contributed by atoms with E-state index in [1.54, 1.807) is 21.9 Å². The predicted octanol–water partition coefficient (Wildman–Crippen LogP) is 3.29. The van der Waals surface area contributed by atoms with Crippen LogP contribution in [0.2, 0.25) is 0 Å². The molecule has 0 aromatic heterocycles. The molecule has 1 N–H and O–H groups in total. The highest BCUT2D eigenvalue weighted by atomic mass is 16.3. The van der Waals surface area contributed by atoms with Crippen LogP contribution in [-0.4, -0.2) is 52.9 Å². The fourth-order valence-corrected chi connectivity index (χ4v) is 3.23. The topological polar surface area (TPSA) is 60.9 Å². The highest BCUT2D eigenvalue weighted by molar-refractivity contribution is 5.96. The van der Waals surface area contributed by atoms with E-state index in [-0.39, 0.29) is 23.0 Å². The number of hydrogen-bond acceptors (Lipinski definition) is 3. The van der Waals surface area contributed by atoms with Gasteiger partial charge in [-0.2, -0.15) is 0 Å². The third-order valence-electron chi connectivity index (χ3n) is 4.95. The second-order valence-corrected chi connectivity index (χ2v) is 7.96. The summed E-state index contributed by atoms with van der Waals surface area (Å²) in [5.74, 6) is -0.0409. The van der Waals surface area contributed by atoms with Gasteiger partial charge in [0.1, 0.15) is 5.75 Å². The molecule has 1 heterocycles. The first-order valence-electron chi connectivity index (χ1n) is 9.24. The van der Waals surface area contributed by atoms with Crippen LogP contribution in [-0.2, 0) is 5.41 Å². The Kier molecular flexibility index (Phi) is 5.22. The highest BCUT2D eigenvalue weighted by Crippen LogP contribution is 2.23. The summed E-state index contributed by atoms with van der Waals surface area (Å²) in [6, 6.07) is 14.1. The molecule has 2 aromatic rings. The largest absolute Gasteiger partial charge is 0.508 e. The Labute approximate surface area is 160 Å². The van der Waals surface area contributed by atoms with Crippen molar-refractivity contribution in [2.24, 2.45) is 0 Å². The Morgan fingerprint density at radius 1 is 0.815 bits per heavy atom. The van der Waals surface area contributed by atoms with Gasteiger partial charge in [-0.1, -0.05) is 39.0 Å². The van der Waals surface area contributed by atoms with Crippen molar-refractivity contribution in [2.45, 2.75) is 26.2 Å². The van der Waals surface area contributed by atoms with Gasteiger partial charge in [0, 0.05) is 37.3 Å². The number of benzene rings is 2. The Balaban J connectivity index is 1.61. The van der Waals surface area contributed by atoms with Crippen LogP contribution in [0.3, 0.4) is 0 Å². The van der Waals surface area contributed by atoms with Crippen molar-refractivity contribution in [3.05, 3.63) is 65.2 Å². The molecule has 0 unspecified atom stereocenters. The number of nitrogens with zero attached hydrogens (tertiary/aromatic N) is 2. The van der Waals surface area contributed by atoms with Gasteiger partial charge in [0.25, 0.3) is 11.8 Å². The molecule has 0 bridgehead atoms. The van der Waals surface area contributed by atoms with Gasteiger partial charge in [0.2, 0.25) is 0 Å². The first kappa shape index (κ1) is 19.0. The third-order valence-corrected chi connectivity index (χ3v) is 4.95. The molecule has 2 amide bonds. The minimum Gasteiger partial charge on any atom is -0.508 e. The summed E-state index contributed by atoms with van der Waals surface area (Å²) in [4.78, 5) is 28.8. The van der Waals surface area contributed by atoms with Crippen molar-refractivity contribution in [1.29, 1.82) is 0 Å². The maximum Gasteiger partial charge on any atom is 0.254 e. The smallest absolute Gasteiger partial charge is 0.254 e. The average molecular weight is 366 g/mol. The number of carbonyl (C=O) groups excluding carboxylic acids is 2. The number of rotatable bonds is 2. The van der Waals surface area contributed by atoms with Crippen molar-refractivity contribution in [1.82, 2.24) is 9.80 Å². The van der Waals surface area contributed by atoms with E-state index in [2.05, 4.69) is 20.8 Å². The average Bonchev–Trinajstić information content (AvgIpc) is 2.66. The summed E-state index contributed by atoms with van der Waals surface area (Å²) in [7, 11) is 0. The first-order chi connectivity index (χ1) is 12.8. The molecular weight excluding hydrogens is 340 g/mol. The molecule has 1 aliphatic heterocycles. The molecule has 0 atom stereocenters. The summed E-state index contributed by atoms with van der Waals surface area (Å²) in [5, 5.41) is 9.55. The molecule has 5 heteroatoms. The van der Waals surface area contributed by atoms with Crippen LogP contribution >= 0.6 is 0 Å². The summed E-state index contributed by atoms with van der Waals surface area (Å²) in [5.41, 5.74) is 2.39. The number of amides is 2. The van der Waals surface area contributed by atoms with Crippen LogP contribution in [0.25, 0.3) is 0 Å². The van der Waals surface area contributed by atoms with E-state index in [1.165, 1.54) is 17.7 Å². The second kappa shape index (κ2) is 7.43. The monoisotopic (exact) mass is 366 g/mol. The summed E-state index contributed by atoms with van der Waals surface area (Å²) in [6.45, 7) is 8.42. The van der Waals surface area contributed by atoms with Crippen molar-refractivity contribution in [3.63, 3.8) is 0 Å². The van der Waals surface area contributed by atoms with Gasteiger partial charge in [-0.05, 0) is 41.3 Å². The van der Waals surface area contributed by atoms with E-state index in [9.17, 15) is 14.7 Å². The Hall–Kier alpha value is -2.82. The van der Waals surface area contributed by atoms with E-state index < -0.39 is 0 Å². The fraction of sp³-hybridized carbons (Fsp3) is 0.364. The minimum atomic E-state index is -0.118. The van der Waals surface area contributed by atoms with Gasteiger partial charge in [-0.25, -0.2) is 0 Å². The SMILES string of the molecule is CC(C)(C)c1ccc(C(=O)N2CCN(C(=O)c3cccc(O)c3)CC2)cc1. The highest BCUT2D eigenvalue weighted by Gasteiger charge is 2.26. The molecule has 1 aliphatic rings. The molecule has 3 rings (SSSR count).